The lowest BCUT2D eigenvalue weighted by Gasteiger charge is -2.22. The van der Waals surface area contributed by atoms with Crippen molar-refractivity contribution in [3.05, 3.63) is 17.8 Å². The van der Waals surface area contributed by atoms with Gasteiger partial charge in [-0.2, -0.15) is 0 Å². The summed E-state index contributed by atoms with van der Waals surface area (Å²) in [5.41, 5.74) is 0.373. The van der Waals surface area contributed by atoms with Gasteiger partial charge < -0.3 is 4.42 Å². The highest BCUT2D eigenvalue weighted by molar-refractivity contribution is 6.17. The third-order valence-electron chi connectivity index (χ3n) is 2.42. The van der Waals surface area contributed by atoms with Crippen LogP contribution in [0.1, 0.15) is 45.8 Å². The van der Waals surface area contributed by atoms with Gasteiger partial charge in [-0.15, -0.1) is 11.6 Å². The van der Waals surface area contributed by atoms with Gasteiger partial charge in [0.05, 0.1) is 6.20 Å². The van der Waals surface area contributed by atoms with Gasteiger partial charge in [-0.1, -0.05) is 27.7 Å². The zero-order valence-electron chi connectivity index (χ0n) is 10.7. The highest BCUT2D eigenvalue weighted by atomic mass is 35.5. The summed E-state index contributed by atoms with van der Waals surface area (Å²) in [6, 6.07) is 0. The molecular formula is C13H22ClNO. The largest absolute Gasteiger partial charge is 0.446 e. The molecule has 0 saturated carbocycles. The Morgan fingerprint density at radius 2 is 2.12 bits per heavy atom. The van der Waals surface area contributed by atoms with Crippen LogP contribution in [0.5, 0.6) is 0 Å². The fourth-order valence-electron chi connectivity index (χ4n) is 2.10. The monoisotopic (exact) mass is 243 g/mol. The molecule has 92 valence electrons. The molecule has 0 aromatic carbocycles. The number of hydrogen-bond donors (Lipinski definition) is 0. The number of alkyl halides is 1. The van der Waals surface area contributed by atoms with Gasteiger partial charge in [0, 0.05) is 18.7 Å². The normalized spacial score (nSPS) is 14.1. The van der Waals surface area contributed by atoms with E-state index in [1.54, 1.807) is 0 Å². The number of hydrogen-bond acceptors (Lipinski definition) is 2. The summed E-state index contributed by atoms with van der Waals surface area (Å²) in [4.78, 5) is 4.20. The lowest BCUT2D eigenvalue weighted by molar-refractivity contribution is 0.294. The molecule has 0 saturated heterocycles. The van der Waals surface area contributed by atoms with Gasteiger partial charge in [-0.3, -0.25) is 0 Å². The van der Waals surface area contributed by atoms with Gasteiger partial charge in [-0.25, -0.2) is 4.98 Å². The first-order chi connectivity index (χ1) is 7.40. The molecule has 16 heavy (non-hydrogen) atoms. The van der Waals surface area contributed by atoms with E-state index in [4.69, 9.17) is 16.0 Å². The first kappa shape index (κ1) is 13.6. The van der Waals surface area contributed by atoms with E-state index in [2.05, 4.69) is 32.7 Å². The van der Waals surface area contributed by atoms with Crippen LogP contribution in [0.25, 0.3) is 0 Å². The Balaban J connectivity index is 2.46. The zero-order chi connectivity index (χ0) is 12.2. The summed E-state index contributed by atoms with van der Waals surface area (Å²) in [5, 5.41) is 0. The van der Waals surface area contributed by atoms with Crippen molar-refractivity contribution < 1.29 is 4.42 Å². The number of halogens is 1. The molecule has 0 aliphatic rings. The molecule has 2 nitrogen and oxygen atoms in total. The van der Waals surface area contributed by atoms with E-state index < -0.39 is 0 Å². The van der Waals surface area contributed by atoms with Crippen molar-refractivity contribution in [3.63, 3.8) is 0 Å². The van der Waals surface area contributed by atoms with Crippen molar-refractivity contribution in [2.45, 2.75) is 47.0 Å². The lowest BCUT2D eigenvalue weighted by Crippen LogP contribution is -2.12. The van der Waals surface area contributed by atoms with Gasteiger partial charge in [0.2, 0.25) is 0 Å². The van der Waals surface area contributed by atoms with Gasteiger partial charge in [-0.05, 0) is 17.8 Å². The fraction of sp³-hybridized carbons (Fsp3) is 0.769. The predicted molar refractivity (Wildman–Crippen MR) is 67.9 cm³/mol. The topological polar surface area (TPSA) is 26.0 Å². The third-order valence-corrected chi connectivity index (χ3v) is 2.61. The Bertz CT molecular complexity index is 314. The van der Waals surface area contributed by atoms with E-state index in [1.165, 1.54) is 6.42 Å². The molecule has 0 aliphatic heterocycles. The van der Waals surface area contributed by atoms with Crippen LogP contribution >= 0.6 is 11.6 Å². The van der Waals surface area contributed by atoms with E-state index >= 15 is 0 Å². The van der Waals surface area contributed by atoms with E-state index in [0.29, 0.717) is 17.2 Å². The maximum atomic E-state index is 5.64. The first-order valence-electron chi connectivity index (χ1n) is 5.90. The molecule has 0 aliphatic carbocycles. The van der Waals surface area contributed by atoms with Crippen molar-refractivity contribution in [2.24, 2.45) is 11.3 Å². The second-order valence-electron chi connectivity index (χ2n) is 5.73. The molecule has 1 rings (SSSR count). The minimum Gasteiger partial charge on any atom is -0.446 e. The molecule has 0 fully saturated rings. The van der Waals surface area contributed by atoms with Crippen molar-refractivity contribution in [2.75, 3.05) is 5.88 Å². The Kier molecular flexibility index (Phi) is 4.85. The van der Waals surface area contributed by atoms with Gasteiger partial charge in [0.15, 0.2) is 5.89 Å². The van der Waals surface area contributed by atoms with Crippen LogP contribution in [0.3, 0.4) is 0 Å². The summed E-state index contributed by atoms with van der Waals surface area (Å²) in [6.07, 6.45) is 4.71. The molecule has 0 radical (unpaired) electrons. The second-order valence-corrected chi connectivity index (χ2v) is 6.11. The molecule has 1 aromatic rings. The molecule has 0 amide bonds. The highest BCUT2D eigenvalue weighted by Gasteiger charge is 2.17. The Morgan fingerprint density at radius 3 is 2.69 bits per heavy atom. The third kappa shape index (κ3) is 5.02. The van der Waals surface area contributed by atoms with Crippen molar-refractivity contribution >= 4 is 11.6 Å². The molecule has 0 N–H and O–H groups in total. The average molecular weight is 244 g/mol. The van der Waals surface area contributed by atoms with Crippen LogP contribution in [0.15, 0.2) is 10.6 Å². The van der Waals surface area contributed by atoms with Crippen LogP contribution in [0, 0.1) is 11.3 Å². The van der Waals surface area contributed by atoms with E-state index in [-0.39, 0.29) is 0 Å². The first-order valence-corrected chi connectivity index (χ1v) is 6.44. The van der Waals surface area contributed by atoms with Crippen molar-refractivity contribution in [1.82, 2.24) is 4.98 Å². The van der Waals surface area contributed by atoms with E-state index in [1.807, 2.05) is 6.20 Å². The van der Waals surface area contributed by atoms with Crippen molar-refractivity contribution in [1.29, 1.82) is 0 Å². The van der Waals surface area contributed by atoms with Gasteiger partial charge >= 0.3 is 0 Å². The minimum atomic E-state index is 0.373. The maximum absolute atomic E-state index is 5.64. The lowest BCUT2D eigenvalue weighted by atomic mass is 9.84. The predicted octanol–water partition coefficient (Wildman–Crippen LogP) is 4.07. The Hall–Kier alpha value is -0.500. The fourth-order valence-corrected chi connectivity index (χ4v) is 2.26. The zero-order valence-corrected chi connectivity index (χ0v) is 11.5. The summed E-state index contributed by atoms with van der Waals surface area (Å²) in [7, 11) is 0. The van der Waals surface area contributed by atoms with Crippen molar-refractivity contribution in [3.8, 4) is 0 Å². The summed E-state index contributed by atoms with van der Waals surface area (Å²) < 4.78 is 5.61. The number of oxazole rings is 1. The smallest absolute Gasteiger partial charge is 0.195 e. The molecule has 1 atom stereocenters. The number of aryl methyl sites for hydroxylation is 1. The van der Waals surface area contributed by atoms with Crippen LogP contribution < -0.4 is 0 Å². The highest BCUT2D eigenvalue weighted by Crippen LogP contribution is 2.26. The summed E-state index contributed by atoms with van der Waals surface area (Å²) in [5.74, 6) is 2.93. The SMILES string of the molecule is CC(Cc1cnc(CCCl)o1)CC(C)(C)C. The Labute approximate surface area is 103 Å². The summed E-state index contributed by atoms with van der Waals surface area (Å²) >= 11 is 5.64. The number of aromatic nitrogens is 1. The van der Waals surface area contributed by atoms with E-state index in [0.717, 1.165) is 24.5 Å². The minimum absolute atomic E-state index is 0.373. The van der Waals surface area contributed by atoms with Gasteiger partial charge in [0.25, 0.3) is 0 Å². The second kappa shape index (κ2) is 5.72. The number of nitrogens with zero attached hydrogens (tertiary/aromatic N) is 1. The molecule has 0 spiro atoms. The Morgan fingerprint density at radius 1 is 1.44 bits per heavy atom. The van der Waals surface area contributed by atoms with Crippen LogP contribution in [0.4, 0.5) is 0 Å². The average Bonchev–Trinajstić information content (AvgIpc) is 2.49. The molecule has 3 heteroatoms. The van der Waals surface area contributed by atoms with Crippen LogP contribution in [-0.4, -0.2) is 10.9 Å². The van der Waals surface area contributed by atoms with Gasteiger partial charge in [0.1, 0.15) is 5.76 Å². The quantitative estimate of drug-likeness (QED) is 0.729. The molecule has 1 unspecified atom stereocenters. The molecule has 1 aromatic heterocycles. The number of rotatable bonds is 5. The van der Waals surface area contributed by atoms with Crippen LogP contribution in [-0.2, 0) is 12.8 Å². The molecule has 0 bridgehead atoms. The molecular weight excluding hydrogens is 222 g/mol. The van der Waals surface area contributed by atoms with E-state index in [9.17, 15) is 0 Å². The van der Waals surface area contributed by atoms with Crippen LogP contribution in [0.2, 0.25) is 0 Å². The molecule has 1 heterocycles. The summed E-state index contributed by atoms with van der Waals surface area (Å²) in [6.45, 7) is 9.06. The standard InChI is InChI=1S/C13H22ClNO/c1-10(8-13(2,3)4)7-11-9-15-12(16-11)5-6-14/h9-10H,5-8H2,1-4H3. The maximum Gasteiger partial charge on any atom is 0.195 e.